The summed E-state index contributed by atoms with van der Waals surface area (Å²) in [6.45, 7) is 4.34. The average Bonchev–Trinajstić information content (AvgIpc) is 2.58. The van der Waals surface area contributed by atoms with Crippen LogP contribution in [0.3, 0.4) is 0 Å². The molecule has 0 fully saturated rings. The van der Waals surface area contributed by atoms with Gasteiger partial charge in [-0.1, -0.05) is 6.08 Å². The van der Waals surface area contributed by atoms with Crippen LogP contribution in [0.25, 0.3) is 0 Å². The third-order valence-corrected chi connectivity index (χ3v) is 2.84. The number of nitrogens with one attached hydrogen (secondary N) is 1. The van der Waals surface area contributed by atoms with Crippen LogP contribution in [0.4, 0.5) is 17.1 Å². The van der Waals surface area contributed by atoms with E-state index in [9.17, 15) is 0 Å². The normalized spacial score (nSPS) is 9.91. The first kappa shape index (κ1) is 15.0. The van der Waals surface area contributed by atoms with Gasteiger partial charge in [0.1, 0.15) is 12.1 Å². The van der Waals surface area contributed by atoms with Crippen LogP contribution in [0.2, 0.25) is 0 Å². The minimum absolute atomic E-state index is 0.294. The van der Waals surface area contributed by atoms with E-state index in [0.29, 0.717) is 29.0 Å². The van der Waals surface area contributed by atoms with Crippen molar-refractivity contribution < 1.29 is 0 Å². The number of hydrogen-bond donors (Lipinski definition) is 1. The molecule has 0 atom stereocenters. The van der Waals surface area contributed by atoms with Crippen LogP contribution in [-0.4, -0.2) is 6.54 Å². The molecule has 0 spiro atoms. The zero-order valence-electron chi connectivity index (χ0n) is 11.8. The number of nitrogens with zero attached hydrogens (tertiary/aromatic N) is 4. The fourth-order valence-corrected chi connectivity index (χ4v) is 1.74. The van der Waals surface area contributed by atoms with E-state index in [2.05, 4.69) is 22.1 Å². The molecular formula is C17H13N5. The third-order valence-electron chi connectivity index (χ3n) is 2.84. The topological polar surface area (TPSA) is 84.3 Å². The molecule has 0 amide bonds. The highest BCUT2D eigenvalue weighted by Crippen LogP contribution is 2.22. The minimum atomic E-state index is 0.294. The van der Waals surface area contributed by atoms with Crippen molar-refractivity contribution in [3.8, 4) is 12.1 Å². The largest absolute Gasteiger partial charge is 0.382 e. The van der Waals surface area contributed by atoms with E-state index in [0.717, 1.165) is 5.69 Å². The number of benzene rings is 2. The second kappa shape index (κ2) is 7.37. The average molecular weight is 287 g/mol. The zero-order chi connectivity index (χ0) is 15.8. The number of hydrogen-bond acceptors (Lipinski definition) is 5. The van der Waals surface area contributed by atoms with Crippen LogP contribution >= 0.6 is 0 Å². The molecule has 2 rings (SSSR count). The third kappa shape index (κ3) is 3.78. The van der Waals surface area contributed by atoms with Crippen LogP contribution in [0.15, 0.2) is 65.3 Å². The van der Waals surface area contributed by atoms with E-state index in [4.69, 9.17) is 10.5 Å². The van der Waals surface area contributed by atoms with Crippen LogP contribution in [0.1, 0.15) is 11.1 Å². The van der Waals surface area contributed by atoms with E-state index in [1.54, 1.807) is 24.3 Å². The lowest BCUT2D eigenvalue weighted by molar-refractivity contribution is 1.22. The summed E-state index contributed by atoms with van der Waals surface area (Å²) in [7, 11) is 0. The monoisotopic (exact) mass is 287 g/mol. The first-order valence-corrected chi connectivity index (χ1v) is 6.57. The molecule has 0 bridgehead atoms. The fraction of sp³-hybridized carbons (Fsp3) is 0.0588. The summed E-state index contributed by atoms with van der Waals surface area (Å²) in [4.78, 5) is 0. The first-order chi connectivity index (χ1) is 10.8. The molecule has 106 valence electrons. The van der Waals surface area contributed by atoms with Crippen molar-refractivity contribution in [3.63, 3.8) is 0 Å². The maximum Gasteiger partial charge on any atom is 0.101 e. The molecule has 0 saturated carbocycles. The van der Waals surface area contributed by atoms with Crippen molar-refractivity contribution in [2.24, 2.45) is 10.2 Å². The standard InChI is InChI=1S/C17H13N5/c1-2-9-20-15-5-7-16(8-6-15)21-22-17-4-3-13(11-18)14(10-17)12-19/h2-8,10,20H,1,9H2/b22-21+. The molecular weight excluding hydrogens is 274 g/mol. The van der Waals surface area contributed by atoms with Gasteiger partial charge in [0.05, 0.1) is 22.5 Å². The molecule has 22 heavy (non-hydrogen) atoms. The predicted octanol–water partition coefficient (Wildman–Crippen LogP) is 4.44. The summed E-state index contributed by atoms with van der Waals surface area (Å²) in [6, 6.07) is 16.2. The molecule has 0 saturated heterocycles. The SMILES string of the molecule is C=CCNc1ccc(/N=N/c2ccc(C#N)c(C#N)c2)cc1. The Labute approximate surface area is 128 Å². The Morgan fingerprint density at radius 1 is 0.955 bits per heavy atom. The summed E-state index contributed by atoms with van der Waals surface area (Å²) in [5, 5.41) is 29.2. The van der Waals surface area contributed by atoms with Crippen LogP contribution in [-0.2, 0) is 0 Å². The van der Waals surface area contributed by atoms with Crippen LogP contribution in [0.5, 0.6) is 0 Å². The van der Waals surface area contributed by atoms with Gasteiger partial charge in [0, 0.05) is 12.2 Å². The lowest BCUT2D eigenvalue weighted by atomic mass is 10.1. The highest BCUT2D eigenvalue weighted by Gasteiger charge is 2.02. The van der Waals surface area contributed by atoms with Crippen LogP contribution < -0.4 is 5.32 Å². The van der Waals surface area contributed by atoms with E-state index < -0.39 is 0 Å². The van der Waals surface area contributed by atoms with Gasteiger partial charge < -0.3 is 5.32 Å². The van der Waals surface area contributed by atoms with E-state index in [1.807, 2.05) is 36.4 Å². The van der Waals surface area contributed by atoms with Gasteiger partial charge in [0.2, 0.25) is 0 Å². The van der Waals surface area contributed by atoms with Crippen molar-refractivity contribution in [1.29, 1.82) is 10.5 Å². The quantitative estimate of drug-likeness (QED) is 0.651. The highest BCUT2D eigenvalue weighted by atomic mass is 15.1. The van der Waals surface area contributed by atoms with Crippen molar-refractivity contribution in [1.82, 2.24) is 0 Å². The summed E-state index contributed by atoms with van der Waals surface area (Å²) >= 11 is 0. The lowest BCUT2D eigenvalue weighted by Crippen LogP contribution is -1.96. The van der Waals surface area contributed by atoms with Crippen LogP contribution in [0, 0.1) is 22.7 Å². The molecule has 0 aromatic heterocycles. The number of anilines is 1. The summed E-state index contributed by atoms with van der Waals surface area (Å²) in [5.41, 5.74) is 2.84. The Balaban J connectivity index is 2.13. The molecule has 0 aliphatic carbocycles. The number of nitriles is 2. The van der Waals surface area contributed by atoms with E-state index in [1.165, 1.54) is 0 Å². The van der Waals surface area contributed by atoms with Gasteiger partial charge in [-0.25, -0.2) is 0 Å². The van der Waals surface area contributed by atoms with E-state index in [-0.39, 0.29) is 0 Å². The van der Waals surface area contributed by atoms with Crippen molar-refractivity contribution in [2.75, 3.05) is 11.9 Å². The summed E-state index contributed by atoms with van der Waals surface area (Å²) in [6.07, 6.45) is 1.78. The molecule has 2 aromatic carbocycles. The summed E-state index contributed by atoms with van der Waals surface area (Å²) in [5.74, 6) is 0. The molecule has 5 heteroatoms. The highest BCUT2D eigenvalue weighted by molar-refractivity contribution is 5.54. The molecule has 2 aromatic rings. The second-order valence-corrected chi connectivity index (χ2v) is 4.37. The molecule has 0 aliphatic rings. The molecule has 5 nitrogen and oxygen atoms in total. The van der Waals surface area contributed by atoms with Gasteiger partial charge in [-0.15, -0.1) is 6.58 Å². The Kier molecular flexibility index (Phi) is 5.01. The Morgan fingerprint density at radius 2 is 1.59 bits per heavy atom. The van der Waals surface area contributed by atoms with E-state index >= 15 is 0 Å². The maximum atomic E-state index is 8.97. The number of rotatable bonds is 5. The molecule has 0 radical (unpaired) electrons. The van der Waals surface area contributed by atoms with Gasteiger partial charge in [-0.3, -0.25) is 0 Å². The Morgan fingerprint density at radius 3 is 2.23 bits per heavy atom. The molecule has 0 unspecified atom stereocenters. The Bertz CT molecular complexity index is 776. The van der Waals surface area contributed by atoms with Gasteiger partial charge in [0.15, 0.2) is 0 Å². The summed E-state index contributed by atoms with van der Waals surface area (Å²) < 4.78 is 0. The minimum Gasteiger partial charge on any atom is -0.382 e. The maximum absolute atomic E-state index is 8.97. The smallest absolute Gasteiger partial charge is 0.101 e. The molecule has 0 heterocycles. The second-order valence-electron chi connectivity index (χ2n) is 4.37. The van der Waals surface area contributed by atoms with Gasteiger partial charge in [0.25, 0.3) is 0 Å². The number of azo groups is 1. The van der Waals surface area contributed by atoms with Crippen molar-refractivity contribution in [2.45, 2.75) is 0 Å². The van der Waals surface area contributed by atoms with Crippen molar-refractivity contribution in [3.05, 3.63) is 66.2 Å². The Hall–Kier alpha value is -3.44. The predicted molar refractivity (Wildman–Crippen MR) is 85.2 cm³/mol. The van der Waals surface area contributed by atoms with Gasteiger partial charge in [-0.05, 0) is 42.5 Å². The zero-order valence-corrected chi connectivity index (χ0v) is 11.8. The fourth-order valence-electron chi connectivity index (χ4n) is 1.74. The molecule has 0 aliphatic heterocycles. The first-order valence-electron chi connectivity index (χ1n) is 6.57. The molecule has 1 N–H and O–H groups in total. The van der Waals surface area contributed by atoms with Crippen molar-refractivity contribution >= 4 is 17.1 Å². The van der Waals surface area contributed by atoms with Gasteiger partial charge >= 0.3 is 0 Å². The lowest BCUT2D eigenvalue weighted by Gasteiger charge is -2.02. The van der Waals surface area contributed by atoms with Gasteiger partial charge in [-0.2, -0.15) is 20.8 Å².